The van der Waals surface area contributed by atoms with Crippen LogP contribution in [0.4, 0.5) is 0 Å². The zero-order valence-corrected chi connectivity index (χ0v) is 13.3. The van der Waals surface area contributed by atoms with Gasteiger partial charge >= 0.3 is 86.8 Å². The van der Waals surface area contributed by atoms with Crippen LogP contribution >= 0.6 is 0 Å². The van der Waals surface area contributed by atoms with Gasteiger partial charge in [0.25, 0.3) is 0 Å². The molecule has 111 valence electrons. The van der Waals surface area contributed by atoms with E-state index in [2.05, 4.69) is 0 Å². The first-order valence-electron chi connectivity index (χ1n) is 0. The zero-order valence-electron chi connectivity index (χ0n) is 6.94. The third-order valence-electron chi connectivity index (χ3n) is 0. The second-order valence-electron chi connectivity index (χ2n) is 0. The van der Waals surface area contributed by atoms with Crippen LogP contribution in [0.2, 0.25) is 0 Å². The molecule has 0 rings (SSSR count). The molecule has 0 spiro atoms. The molecule has 0 N–H and O–H groups in total. The molecule has 0 amide bonds. The van der Waals surface area contributed by atoms with Gasteiger partial charge in [0.05, 0.1) is 0 Å². The van der Waals surface area contributed by atoms with Crippen LogP contribution in [0.5, 0.6) is 0 Å². The van der Waals surface area contributed by atoms with E-state index in [0.29, 0.717) is 0 Å². The van der Waals surface area contributed by atoms with E-state index in [9.17, 15) is 0 Å². The van der Waals surface area contributed by atoms with Gasteiger partial charge in [-0.1, -0.05) is 0 Å². The van der Waals surface area contributed by atoms with Gasteiger partial charge in [-0.25, -0.2) is 0 Å². The van der Waals surface area contributed by atoms with Crippen LogP contribution in [-0.2, 0) is 153 Å². The topological polar surface area (TPSA) is 342 Å². The average Bonchev–Trinajstić information content (AvgIpc) is 0. The van der Waals surface area contributed by atoms with Gasteiger partial charge < -0.3 is 65.7 Å². The van der Waals surface area contributed by atoms with Crippen LogP contribution in [0.1, 0.15) is 0 Å². The van der Waals surface area contributed by atoms with Crippen molar-refractivity contribution in [2.45, 2.75) is 0 Å². The molecule has 5 radical (unpaired) electrons. The Morgan fingerprint density at radius 3 is 0.118 bits per heavy atom. The summed E-state index contributed by atoms with van der Waals surface area (Å²) in [6, 6.07) is 0. The normalized spacial score (nSPS) is 0. The van der Waals surface area contributed by atoms with Crippen molar-refractivity contribution in [3.05, 3.63) is 0 Å². The minimum atomic E-state index is 0. The summed E-state index contributed by atoms with van der Waals surface area (Å²) in [6.07, 6.45) is 0. The quantitative estimate of drug-likeness (QED) is 0.407. The van der Waals surface area contributed by atoms with Crippen LogP contribution in [0.25, 0.3) is 0 Å². The summed E-state index contributed by atoms with van der Waals surface area (Å²) in [5, 5.41) is 0. The molecular weight excluding hydrogens is 452 g/mol. The molecule has 0 aromatic carbocycles. The molecule has 0 saturated heterocycles. The van der Waals surface area contributed by atoms with Crippen molar-refractivity contribution in [1.29, 1.82) is 0 Å². The van der Waals surface area contributed by atoms with E-state index < -0.39 is 0 Å². The fourth-order valence-electron chi connectivity index (χ4n) is 0. The molecule has 17 heteroatoms. The van der Waals surface area contributed by atoms with E-state index in [-0.39, 0.29) is 153 Å². The summed E-state index contributed by atoms with van der Waals surface area (Å²) in [4.78, 5) is 0. The molecular formula is Cr5O12-9. The minimum absolute atomic E-state index is 0. The van der Waals surface area contributed by atoms with Crippen molar-refractivity contribution in [2.75, 3.05) is 0 Å². The van der Waals surface area contributed by atoms with Gasteiger partial charge in [0, 0.05) is 0 Å². The van der Waals surface area contributed by atoms with E-state index >= 15 is 0 Å². The Balaban J connectivity index is 0. The molecule has 0 aliphatic heterocycles. The summed E-state index contributed by atoms with van der Waals surface area (Å²) < 4.78 is 0. The molecule has 0 bridgehead atoms. The van der Waals surface area contributed by atoms with Crippen molar-refractivity contribution >= 4 is 0 Å². The molecule has 12 nitrogen and oxygen atoms in total. The molecule has 0 unspecified atom stereocenters. The summed E-state index contributed by atoms with van der Waals surface area (Å²) >= 11 is 0. The van der Waals surface area contributed by atoms with Gasteiger partial charge in [0.1, 0.15) is 0 Å². The Morgan fingerprint density at radius 2 is 0.118 bits per heavy atom. The zero-order chi connectivity index (χ0) is 0. The van der Waals surface area contributed by atoms with Gasteiger partial charge in [-0.2, -0.15) is 0 Å². The number of hydrogen-bond acceptors (Lipinski definition) is 0. The SMILES string of the molecule is [Cr+3].[Cr+3].[Cr+3].[Cr+3].[Cr+3].[O-2].[O-2].[O-2].[O-2].[O-2].[O-2].[O-2].[O-2].[O-2].[O-2].[O-2].[O-2]. The van der Waals surface area contributed by atoms with Crippen LogP contribution < -0.4 is 0 Å². The first kappa shape index (κ1) is 1330. The Labute approximate surface area is 152 Å². The second-order valence-corrected chi connectivity index (χ2v) is 0. The van der Waals surface area contributed by atoms with Crippen molar-refractivity contribution in [3.63, 3.8) is 0 Å². The van der Waals surface area contributed by atoms with Crippen molar-refractivity contribution in [1.82, 2.24) is 0 Å². The van der Waals surface area contributed by atoms with Crippen LogP contribution in [0.3, 0.4) is 0 Å². The molecule has 17 heavy (non-hydrogen) atoms. The van der Waals surface area contributed by atoms with Gasteiger partial charge in [0.2, 0.25) is 0 Å². The van der Waals surface area contributed by atoms with Crippen LogP contribution in [-0.4, -0.2) is 0 Å². The van der Waals surface area contributed by atoms with E-state index in [1.54, 1.807) is 0 Å². The summed E-state index contributed by atoms with van der Waals surface area (Å²) in [6.45, 7) is 0. The molecule has 0 aromatic heterocycles. The molecule has 0 heterocycles. The predicted octanol–water partition coefficient (Wildman–Crippen LogP) is -1.44. The van der Waals surface area contributed by atoms with Gasteiger partial charge in [-0.05, 0) is 0 Å². The Hall–Kier alpha value is 2.18. The molecule has 0 fully saturated rings. The first-order chi connectivity index (χ1) is 0. The fourth-order valence-corrected chi connectivity index (χ4v) is 0. The first-order valence-corrected chi connectivity index (χ1v) is 0. The summed E-state index contributed by atoms with van der Waals surface area (Å²) in [5.41, 5.74) is 0. The Morgan fingerprint density at radius 1 is 0.118 bits per heavy atom. The van der Waals surface area contributed by atoms with Gasteiger partial charge in [0.15, 0.2) is 0 Å². The minimum Gasteiger partial charge on any atom is -2.00 e. The monoisotopic (exact) mass is 452 g/mol. The maximum atomic E-state index is 0. The van der Waals surface area contributed by atoms with Crippen LogP contribution in [0.15, 0.2) is 0 Å². The molecule has 0 aliphatic rings. The van der Waals surface area contributed by atoms with Gasteiger partial charge in [-0.15, -0.1) is 0 Å². The Bertz CT molecular complexity index is 14.9. The average molecular weight is 452 g/mol. The molecule has 0 aromatic rings. The third kappa shape index (κ3) is 1000. The predicted molar refractivity (Wildman–Crippen MR) is 8.24 cm³/mol. The standard InChI is InChI=1S/5Cr.12O/q5*+3;12*-2. The number of hydrogen-bond donors (Lipinski definition) is 0. The van der Waals surface area contributed by atoms with E-state index in [0.717, 1.165) is 0 Å². The van der Waals surface area contributed by atoms with Crippen LogP contribution in [0, 0.1) is 0 Å². The Kier molecular flexibility index (Phi) is 88300. The van der Waals surface area contributed by atoms with Crippen molar-refractivity contribution in [2.24, 2.45) is 0 Å². The number of rotatable bonds is 0. The maximum absolute atomic E-state index is 0. The van der Waals surface area contributed by atoms with E-state index in [1.807, 2.05) is 0 Å². The largest absolute Gasteiger partial charge is 3.00 e. The van der Waals surface area contributed by atoms with E-state index in [4.69, 9.17) is 0 Å². The fraction of sp³-hybridized carbons (Fsp3) is 0. The van der Waals surface area contributed by atoms with Gasteiger partial charge in [-0.3, -0.25) is 0 Å². The van der Waals surface area contributed by atoms with Crippen molar-refractivity contribution < 1.29 is 153 Å². The summed E-state index contributed by atoms with van der Waals surface area (Å²) in [5.74, 6) is 0. The smallest absolute Gasteiger partial charge is 2.00 e. The summed E-state index contributed by atoms with van der Waals surface area (Å²) in [7, 11) is 0. The van der Waals surface area contributed by atoms with Crippen molar-refractivity contribution in [3.8, 4) is 0 Å². The van der Waals surface area contributed by atoms with E-state index in [1.165, 1.54) is 0 Å². The maximum Gasteiger partial charge on any atom is 3.00 e. The molecule has 0 atom stereocenters. The molecule has 0 saturated carbocycles. The second kappa shape index (κ2) is 1130. The third-order valence-corrected chi connectivity index (χ3v) is 0. The molecule has 0 aliphatic carbocycles.